The minimum absolute atomic E-state index is 0.0655. The minimum Gasteiger partial charge on any atom is -0.454 e. The highest BCUT2D eigenvalue weighted by atomic mass is 35.5. The number of fused-ring (bicyclic) bond motifs is 1. The molecule has 0 aromatic heterocycles. The molecule has 0 saturated heterocycles. The van der Waals surface area contributed by atoms with Gasteiger partial charge in [-0.15, -0.1) is 0 Å². The lowest BCUT2D eigenvalue weighted by Gasteiger charge is -2.07. The first kappa shape index (κ1) is 16.1. The van der Waals surface area contributed by atoms with Gasteiger partial charge in [0.05, 0.1) is 4.92 Å². The molecule has 1 N–H and O–H groups in total. The number of halogens is 1. The lowest BCUT2D eigenvalue weighted by atomic mass is 10.1. The molecule has 0 bridgehead atoms. The molecule has 1 aliphatic heterocycles. The largest absolute Gasteiger partial charge is 0.454 e. The third-order valence-corrected chi connectivity index (χ3v) is 3.84. The third-order valence-electron chi connectivity index (χ3n) is 3.52. The van der Waals surface area contributed by atoms with Gasteiger partial charge in [0.2, 0.25) is 6.79 Å². The van der Waals surface area contributed by atoms with Gasteiger partial charge in [-0.05, 0) is 30.3 Å². The van der Waals surface area contributed by atoms with Crippen LogP contribution in [0.2, 0.25) is 5.02 Å². The Kier molecular flexibility index (Phi) is 4.52. The van der Waals surface area contributed by atoms with E-state index in [-0.39, 0.29) is 29.7 Å². The maximum atomic E-state index is 12.2. The van der Waals surface area contributed by atoms with Crippen molar-refractivity contribution in [1.82, 2.24) is 0 Å². The van der Waals surface area contributed by atoms with Gasteiger partial charge in [0.1, 0.15) is 5.02 Å². The summed E-state index contributed by atoms with van der Waals surface area (Å²) in [5.74, 6) is 1.12. The van der Waals surface area contributed by atoms with Gasteiger partial charge >= 0.3 is 0 Å². The van der Waals surface area contributed by atoms with Gasteiger partial charge in [-0.25, -0.2) is 0 Å². The topological polar surface area (TPSA) is 90.7 Å². The van der Waals surface area contributed by atoms with E-state index in [1.165, 1.54) is 12.1 Å². The van der Waals surface area contributed by atoms with Crippen LogP contribution in [-0.2, 0) is 0 Å². The molecule has 8 heteroatoms. The van der Waals surface area contributed by atoms with Crippen LogP contribution in [0, 0.1) is 10.1 Å². The fraction of sp³-hybridized carbons (Fsp3) is 0.188. The van der Waals surface area contributed by atoms with E-state index in [1.54, 1.807) is 24.3 Å². The molecular formula is C16H13ClN2O5. The molecule has 0 amide bonds. The van der Waals surface area contributed by atoms with E-state index in [1.807, 2.05) is 0 Å². The summed E-state index contributed by atoms with van der Waals surface area (Å²) >= 11 is 5.76. The number of anilines is 1. The number of benzene rings is 2. The van der Waals surface area contributed by atoms with E-state index in [2.05, 4.69) is 5.32 Å². The fourth-order valence-electron chi connectivity index (χ4n) is 2.30. The van der Waals surface area contributed by atoms with E-state index in [0.717, 1.165) is 0 Å². The summed E-state index contributed by atoms with van der Waals surface area (Å²) in [6.07, 6.45) is 0.232. The van der Waals surface area contributed by atoms with Crippen LogP contribution in [0.5, 0.6) is 11.5 Å². The average molecular weight is 349 g/mol. The molecule has 1 heterocycles. The van der Waals surface area contributed by atoms with Crippen LogP contribution in [0.4, 0.5) is 11.4 Å². The Morgan fingerprint density at radius 1 is 1.21 bits per heavy atom. The number of carbonyl (C=O) groups excluding carboxylic acids is 1. The molecule has 0 unspecified atom stereocenters. The number of Topliss-reactive ketones (excluding diaryl/α,β-unsaturated/α-hetero) is 1. The summed E-state index contributed by atoms with van der Waals surface area (Å²) in [5.41, 5.74) is 0.886. The number of hydrogen-bond acceptors (Lipinski definition) is 6. The molecule has 0 saturated carbocycles. The van der Waals surface area contributed by atoms with Gasteiger partial charge in [0.15, 0.2) is 17.3 Å². The monoisotopic (exact) mass is 348 g/mol. The van der Waals surface area contributed by atoms with Crippen LogP contribution < -0.4 is 14.8 Å². The van der Waals surface area contributed by atoms with Crippen LogP contribution in [0.1, 0.15) is 16.8 Å². The van der Waals surface area contributed by atoms with Crippen molar-refractivity contribution in [2.24, 2.45) is 0 Å². The highest BCUT2D eigenvalue weighted by molar-refractivity contribution is 6.32. The Bertz CT molecular complexity index is 809. The summed E-state index contributed by atoms with van der Waals surface area (Å²) in [7, 11) is 0. The van der Waals surface area contributed by atoms with Crippen molar-refractivity contribution in [1.29, 1.82) is 0 Å². The molecule has 0 fully saturated rings. The van der Waals surface area contributed by atoms with Crippen molar-refractivity contribution in [3.05, 3.63) is 57.1 Å². The second-order valence-corrected chi connectivity index (χ2v) is 5.50. The Morgan fingerprint density at radius 2 is 2.00 bits per heavy atom. The van der Waals surface area contributed by atoms with Crippen LogP contribution in [-0.4, -0.2) is 24.0 Å². The standard InChI is InChI=1S/C16H13ClN2O5/c17-12-3-2-11(8-13(12)19(21)22)18-6-5-14(20)10-1-4-15-16(7-10)24-9-23-15/h1-4,7-8,18H,5-6,9H2. The number of hydrogen-bond donors (Lipinski definition) is 1. The SMILES string of the molecule is O=C(CCNc1ccc(Cl)c([N+](=O)[O-])c1)c1ccc2c(c1)OCO2. The van der Waals surface area contributed by atoms with Crippen molar-refractivity contribution in [3.63, 3.8) is 0 Å². The second-order valence-electron chi connectivity index (χ2n) is 5.09. The molecule has 0 atom stereocenters. The number of nitrogens with one attached hydrogen (secondary N) is 1. The number of nitro benzene ring substituents is 1. The molecule has 124 valence electrons. The number of nitrogens with zero attached hydrogens (tertiary/aromatic N) is 1. The molecule has 2 aromatic rings. The molecule has 0 aliphatic carbocycles. The lowest BCUT2D eigenvalue weighted by Crippen LogP contribution is -2.09. The highest BCUT2D eigenvalue weighted by Gasteiger charge is 2.16. The van der Waals surface area contributed by atoms with Crippen molar-refractivity contribution in [2.75, 3.05) is 18.7 Å². The van der Waals surface area contributed by atoms with E-state index in [4.69, 9.17) is 21.1 Å². The molecule has 7 nitrogen and oxygen atoms in total. The Morgan fingerprint density at radius 3 is 2.79 bits per heavy atom. The lowest BCUT2D eigenvalue weighted by molar-refractivity contribution is -0.384. The first-order valence-electron chi connectivity index (χ1n) is 7.15. The molecule has 2 aromatic carbocycles. The molecule has 3 rings (SSSR count). The van der Waals surface area contributed by atoms with Gasteiger partial charge in [-0.2, -0.15) is 0 Å². The zero-order valence-electron chi connectivity index (χ0n) is 12.5. The first-order valence-corrected chi connectivity index (χ1v) is 7.53. The number of nitro groups is 1. The number of carbonyl (C=O) groups is 1. The van der Waals surface area contributed by atoms with Crippen LogP contribution >= 0.6 is 11.6 Å². The van der Waals surface area contributed by atoms with Gasteiger partial charge in [0, 0.05) is 30.3 Å². The predicted octanol–water partition coefficient (Wildman–Crippen LogP) is 3.66. The number of ketones is 1. The average Bonchev–Trinajstić information content (AvgIpc) is 3.03. The summed E-state index contributed by atoms with van der Waals surface area (Å²) < 4.78 is 10.4. The zero-order valence-corrected chi connectivity index (χ0v) is 13.2. The summed E-state index contributed by atoms with van der Waals surface area (Å²) in [5, 5.41) is 13.9. The maximum Gasteiger partial charge on any atom is 0.289 e. The summed E-state index contributed by atoms with van der Waals surface area (Å²) in [6, 6.07) is 9.45. The van der Waals surface area contributed by atoms with Gasteiger partial charge in [-0.1, -0.05) is 11.6 Å². The first-order chi connectivity index (χ1) is 11.5. The molecule has 24 heavy (non-hydrogen) atoms. The Labute approximate surface area is 142 Å². The van der Waals surface area contributed by atoms with E-state index in [0.29, 0.717) is 29.3 Å². The molecule has 0 spiro atoms. The van der Waals surface area contributed by atoms with E-state index in [9.17, 15) is 14.9 Å². The second kappa shape index (κ2) is 6.76. The number of ether oxygens (including phenoxy) is 2. The van der Waals surface area contributed by atoms with Gasteiger partial charge in [0.25, 0.3) is 5.69 Å². The molecule has 0 radical (unpaired) electrons. The van der Waals surface area contributed by atoms with Gasteiger partial charge < -0.3 is 14.8 Å². The highest BCUT2D eigenvalue weighted by Crippen LogP contribution is 2.33. The minimum atomic E-state index is -0.550. The maximum absolute atomic E-state index is 12.2. The van der Waals surface area contributed by atoms with E-state index < -0.39 is 4.92 Å². The summed E-state index contributed by atoms with van der Waals surface area (Å²) in [4.78, 5) is 22.5. The third kappa shape index (κ3) is 3.41. The molecular weight excluding hydrogens is 336 g/mol. The van der Waals surface area contributed by atoms with Crippen molar-refractivity contribution in [2.45, 2.75) is 6.42 Å². The van der Waals surface area contributed by atoms with Crippen molar-refractivity contribution < 1.29 is 19.2 Å². The fourth-order valence-corrected chi connectivity index (χ4v) is 2.48. The van der Waals surface area contributed by atoms with Crippen molar-refractivity contribution in [3.8, 4) is 11.5 Å². The van der Waals surface area contributed by atoms with E-state index >= 15 is 0 Å². The van der Waals surface area contributed by atoms with Crippen molar-refractivity contribution >= 4 is 28.8 Å². The number of rotatable bonds is 6. The van der Waals surface area contributed by atoms with Crippen LogP contribution in [0.25, 0.3) is 0 Å². The summed E-state index contributed by atoms with van der Waals surface area (Å²) in [6.45, 7) is 0.496. The van der Waals surface area contributed by atoms with Crippen LogP contribution in [0.3, 0.4) is 0 Å². The zero-order chi connectivity index (χ0) is 17.1. The van der Waals surface area contributed by atoms with Gasteiger partial charge in [-0.3, -0.25) is 14.9 Å². The van der Waals surface area contributed by atoms with Crippen LogP contribution in [0.15, 0.2) is 36.4 Å². The quantitative estimate of drug-likeness (QED) is 0.486. The smallest absolute Gasteiger partial charge is 0.289 e. The predicted molar refractivity (Wildman–Crippen MR) is 88.1 cm³/mol. The normalized spacial score (nSPS) is 12.0. The molecule has 1 aliphatic rings. The Balaban J connectivity index is 1.59. The Hall–Kier alpha value is -2.80.